The lowest BCUT2D eigenvalue weighted by Crippen LogP contribution is -2.41. The number of ether oxygens (including phenoxy) is 1. The second kappa shape index (κ2) is 8.00. The van der Waals surface area contributed by atoms with Crippen molar-refractivity contribution in [1.82, 2.24) is 25.4 Å². The molecule has 0 saturated carbocycles. The number of aryl methyl sites for hydroxylation is 3. The van der Waals surface area contributed by atoms with Gasteiger partial charge in [-0.15, -0.1) is 0 Å². The second-order valence-corrected chi connectivity index (χ2v) is 6.17. The first-order valence-electron chi connectivity index (χ1n) is 8.83. The first-order chi connectivity index (χ1) is 12.2. The van der Waals surface area contributed by atoms with Gasteiger partial charge < -0.3 is 15.4 Å². The molecule has 0 bridgehead atoms. The fraction of sp³-hybridized carbons (Fsp3) is 0.500. The maximum atomic E-state index is 12.1. The van der Waals surface area contributed by atoms with Crippen LogP contribution in [0.25, 0.3) is 0 Å². The van der Waals surface area contributed by atoms with Crippen LogP contribution in [-0.2, 0) is 13.0 Å². The van der Waals surface area contributed by atoms with Crippen molar-refractivity contribution >= 4 is 6.03 Å². The number of nitrogens with one attached hydrogen (secondary N) is 2. The Balaban J connectivity index is 1.46. The average Bonchev–Trinajstić information content (AvgIpc) is 3.04. The Hall–Kier alpha value is -2.57. The number of nitrogens with zero attached hydrogens (tertiary/aromatic N) is 3. The number of para-hydroxylation sites is 1. The number of benzene rings is 1. The maximum Gasteiger partial charge on any atom is 0.315 e. The summed E-state index contributed by atoms with van der Waals surface area (Å²) in [7, 11) is 0. The van der Waals surface area contributed by atoms with Crippen LogP contribution in [0.5, 0.6) is 5.75 Å². The van der Waals surface area contributed by atoms with E-state index in [4.69, 9.17) is 4.74 Å². The van der Waals surface area contributed by atoms with E-state index in [0.29, 0.717) is 13.2 Å². The van der Waals surface area contributed by atoms with Crippen LogP contribution >= 0.6 is 0 Å². The van der Waals surface area contributed by atoms with Crippen molar-refractivity contribution in [3.8, 4) is 5.75 Å². The highest BCUT2D eigenvalue weighted by molar-refractivity contribution is 5.74. The molecule has 7 heteroatoms. The van der Waals surface area contributed by atoms with Crippen LogP contribution in [0.4, 0.5) is 4.79 Å². The number of carbonyl (C=O) groups is 1. The van der Waals surface area contributed by atoms with E-state index in [1.54, 1.807) is 0 Å². The van der Waals surface area contributed by atoms with Gasteiger partial charge in [-0.05, 0) is 31.4 Å². The van der Waals surface area contributed by atoms with Crippen LogP contribution in [0.1, 0.15) is 43.0 Å². The summed E-state index contributed by atoms with van der Waals surface area (Å²) in [5.74, 6) is 2.53. The number of carbonyl (C=O) groups excluding carboxylic acids is 1. The van der Waals surface area contributed by atoms with Crippen molar-refractivity contribution in [2.24, 2.45) is 0 Å². The Morgan fingerprint density at radius 1 is 1.40 bits per heavy atom. The van der Waals surface area contributed by atoms with Gasteiger partial charge in [0.05, 0.1) is 12.6 Å². The summed E-state index contributed by atoms with van der Waals surface area (Å²) < 4.78 is 7.59. The minimum atomic E-state index is -0.201. The van der Waals surface area contributed by atoms with Crippen molar-refractivity contribution in [1.29, 1.82) is 0 Å². The quantitative estimate of drug-likeness (QED) is 0.789. The molecule has 134 valence electrons. The fourth-order valence-corrected chi connectivity index (χ4v) is 2.94. The summed E-state index contributed by atoms with van der Waals surface area (Å²) in [5, 5.41) is 10.3. The van der Waals surface area contributed by atoms with Crippen LogP contribution in [0, 0.1) is 6.92 Å². The van der Waals surface area contributed by atoms with Crippen LogP contribution < -0.4 is 15.4 Å². The maximum absolute atomic E-state index is 12.1. The summed E-state index contributed by atoms with van der Waals surface area (Å²) in [5.41, 5.74) is 1.08. The number of aromatic nitrogens is 3. The molecule has 2 N–H and O–H groups in total. The Morgan fingerprint density at radius 2 is 2.24 bits per heavy atom. The van der Waals surface area contributed by atoms with E-state index >= 15 is 0 Å². The Bertz CT molecular complexity index is 728. The molecule has 2 heterocycles. The van der Waals surface area contributed by atoms with Gasteiger partial charge in [0.25, 0.3) is 0 Å². The summed E-state index contributed by atoms with van der Waals surface area (Å²) in [6.45, 7) is 5.77. The van der Waals surface area contributed by atoms with Crippen LogP contribution in [0.3, 0.4) is 0 Å². The summed E-state index contributed by atoms with van der Waals surface area (Å²) >= 11 is 0. The molecule has 3 rings (SSSR count). The smallest absolute Gasteiger partial charge is 0.315 e. The fourth-order valence-electron chi connectivity index (χ4n) is 2.94. The summed E-state index contributed by atoms with van der Waals surface area (Å²) in [6, 6.07) is 7.55. The Kier molecular flexibility index (Phi) is 5.53. The van der Waals surface area contributed by atoms with E-state index in [-0.39, 0.29) is 12.1 Å². The highest BCUT2D eigenvalue weighted by Gasteiger charge is 2.25. The molecule has 2 aromatic rings. The van der Waals surface area contributed by atoms with Crippen LogP contribution in [0.2, 0.25) is 0 Å². The number of amides is 2. The third kappa shape index (κ3) is 4.29. The number of fused-ring (bicyclic) bond motifs is 1. The third-order valence-electron chi connectivity index (χ3n) is 4.28. The normalized spacial score (nSPS) is 16.2. The number of urea groups is 1. The predicted molar refractivity (Wildman–Crippen MR) is 94.6 cm³/mol. The van der Waals surface area contributed by atoms with Crippen molar-refractivity contribution < 1.29 is 9.53 Å². The molecule has 7 nitrogen and oxygen atoms in total. The Morgan fingerprint density at radius 3 is 3.04 bits per heavy atom. The SMILES string of the molecule is CCc1nc2n(n1)CCC[C@H]2NC(=O)NCCOc1ccccc1C. The zero-order valence-corrected chi connectivity index (χ0v) is 14.8. The lowest BCUT2D eigenvalue weighted by atomic mass is 10.1. The van der Waals surface area contributed by atoms with Gasteiger partial charge in [0.2, 0.25) is 0 Å². The van der Waals surface area contributed by atoms with Gasteiger partial charge in [-0.1, -0.05) is 25.1 Å². The molecule has 0 saturated heterocycles. The van der Waals surface area contributed by atoms with Crippen molar-refractivity contribution in [2.45, 2.75) is 45.7 Å². The van der Waals surface area contributed by atoms with E-state index in [2.05, 4.69) is 20.7 Å². The molecule has 1 atom stereocenters. The van der Waals surface area contributed by atoms with Crippen molar-refractivity contribution in [2.75, 3.05) is 13.2 Å². The lowest BCUT2D eigenvalue weighted by Gasteiger charge is -2.23. The van der Waals surface area contributed by atoms with E-state index < -0.39 is 0 Å². The number of hydrogen-bond donors (Lipinski definition) is 2. The van der Waals surface area contributed by atoms with E-state index in [1.807, 2.05) is 42.8 Å². The zero-order valence-electron chi connectivity index (χ0n) is 14.8. The number of rotatable bonds is 6. The van der Waals surface area contributed by atoms with Crippen molar-refractivity contribution in [3.05, 3.63) is 41.5 Å². The summed E-state index contributed by atoms with van der Waals surface area (Å²) in [6.07, 6.45) is 2.67. The lowest BCUT2D eigenvalue weighted by molar-refractivity contribution is 0.228. The molecule has 1 aliphatic heterocycles. The highest BCUT2D eigenvalue weighted by atomic mass is 16.5. The van der Waals surface area contributed by atoms with Gasteiger partial charge in [-0.2, -0.15) is 5.10 Å². The second-order valence-electron chi connectivity index (χ2n) is 6.17. The van der Waals surface area contributed by atoms with E-state index in [0.717, 1.165) is 48.8 Å². The van der Waals surface area contributed by atoms with Gasteiger partial charge in [0.15, 0.2) is 5.82 Å². The molecule has 25 heavy (non-hydrogen) atoms. The van der Waals surface area contributed by atoms with E-state index in [1.165, 1.54) is 0 Å². The standard InChI is InChI=1S/C18H25N5O2/c1-3-16-21-17-14(8-6-11-23(17)22-16)20-18(24)19-10-12-25-15-9-5-4-7-13(15)2/h4-5,7,9,14H,3,6,8,10-12H2,1-2H3,(H2,19,20,24)/t14-/m1/s1. The molecule has 1 aromatic carbocycles. The van der Waals surface area contributed by atoms with Gasteiger partial charge >= 0.3 is 6.03 Å². The molecule has 0 aliphatic carbocycles. The predicted octanol–water partition coefficient (Wildman–Crippen LogP) is 2.36. The molecular formula is C18H25N5O2. The topological polar surface area (TPSA) is 81.1 Å². The first kappa shape index (κ1) is 17.3. The van der Waals surface area contributed by atoms with Gasteiger partial charge in [0, 0.05) is 13.0 Å². The largest absolute Gasteiger partial charge is 0.491 e. The zero-order chi connectivity index (χ0) is 17.6. The highest BCUT2D eigenvalue weighted by Crippen LogP contribution is 2.23. The molecule has 2 amide bonds. The molecule has 1 aliphatic rings. The minimum absolute atomic E-state index is 0.0844. The molecule has 1 aromatic heterocycles. The Labute approximate surface area is 147 Å². The summed E-state index contributed by atoms with van der Waals surface area (Å²) in [4.78, 5) is 16.7. The van der Waals surface area contributed by atoms with Crippen molar-refractivity contribution in [3.63, 3.8) is 0 Å². The number of hydrogen-bond acceptors (Lipinski definition) is 4. The molecule has 0 spiro atoms. The molecule has 0 unspecified atom stereocenters. The van der Waals surface area contributed by atoms with Gasteiger partial charge in [-0.25, -0.2) is 14.5 Å². The van der Waals surface area contributed by atoms with Crippen LogP contribution in [-0.4, -0.2) is 33.9 Å². The minimum Gasteiger partial charge on any atom is -0.491 e. The third-order valence-corrected chi connectivity index (χ3v) is 4.28. The molecular weight excluding hydrogens is 318 g/mol. The monoisotopic (exact) mass is 343 g/mol. The molecule has 0 radical (unpaired) electrons. The molecule has 0 fully saturated rings. The van der Waals surface area contributed by atoms with Gasteiger partial charge in [0.1, 0.15) is 18.2 Å². The first-order valence-corrected chi connectivity index (χ1v) is 8.83. The average molecular weight is 343 g/mol. The van der Waals surface area contributed by atoms with Crippen LogP contribution in [0.15, 0.2) is 24.3 Å². The van der Waals surface area contributed by atoms with E-state index in [9.17, 15) is 4.79 Å². The van der Waals surface area contributed by atoms with Gasteiger partial charge in [-0.3, -0.25) is 0 Å².